The summed E-state index contributed by atoms with van der Waals surface area (Å²) in [5, 5.41) is 0. The third kappa shape index (κ3) is 4.30. The highest BCUT2D eigenvalue weighted by atomic mass is 19.1. The van der Waals surface area contributed by atoms with Crippen LogP contribution >= 0.6 is 0 Å². The summed E-state index contributed by atoms with van der Waals surface area (Å²) in [6.45, 7) is 2.01. The first-order valence-corrected chi connectivity index (χ1v) is 10.0. The van der Waals surface area contributed by atoms with E-state index in [0.717, 1.165) is 24.0 Å². The number of rotatable bonds is 5. The number of carbonyl (C=O) groups excluding carboxylic acids is 3. The monoisotopic (exact) mass is 448 g/mol. The number of esters is 1. The smallest absolute Gasteiger partial charge is 0.343 e. The summed E-state index contributed by atoms with van der Waals surface area (Å²) in [5.41, 5.74) is 1.55. The van der Waals surface area contributed by atoms with Gasteiger partial charge in [0, 0.05) is 16.7 Å². The zero-order valence-corrected chi connectivity index (χ0v) is 17.8. The molecule has 166 valence electrons. The standard InChI is InChI=1S/C26H18F2O5/c1-14-3-9-22-17(11-14)8-10-21(33-22)15-4-6-16(7-5-15)24(29)25(30)18-12-19(27)23(20(28)13-18)26(31)32-2/h3-7,9-13H,8H2,1-2H3. The molecule has 1 aliphatic rings. The predicted octanol–water partition coefficient (Wildman–Crippen LogP) is 5.10. The Morgan fingerprint density at radius 2 is 1.52 bits per heavy atom. The maximum absolute atomic E-state index is 14.1. The van der Waals surface area contributed by atoms with Gasteiger partial charge < -0.3 is 9.47 Å². The number of methoxy groups -OCH3 is 1. The summed E-state index contributed by atoms with van der Waals surface area (Å²) < 4.78 is 38.5. The molecule has 33 heavy (non-hydrogen) atoms. The first-order valence-electron chi connectivity index (χ1n) is 10.0. The fourth-order valence-electron chi connectivity index (χ4n) is 3.56. The number of ketones is 2. The van der Waals surface area contributed by atoms with Gasteiger partial charge in [0.1, 0.15) is 28.7 Å². The lowest BCUT2D eigenvalue weighted by molar-refractivity contribution is 0.0589. The fourth-order valence-corrected chi connectivity index (χ4v) is 3.56. The van der Waals surface area contributed by atoms with E-state index in [1.165, 1.54) is 12.1 Å². The number of halogens is 2. The number of aryl methyl sites for hydroxylation is 1. The first-order chi connectivity index (χ1) is 15.8. The average Bonchev–Trinajstić information content (AvgIpc) is 2.82. The van der Waals surface area contributed by atoms with Crippen molar-refractivity contribution in [2.75, 3.05) is 7.11 Å². The summed E-state index contributed by atoms with van der Waals surface area (Å²) in [4.78, 5) is 36.6. The molecule has 0 amide bonds. The first kappa shape index (κ1) is 22.1. The number of allylic oxidation sites excluding steroid dienone is 1. The lowest BCUT2D eigenvalue weighted by Gasteiger charge is -2.19. The number of Topliss-reactive ketones (excluding diaryl/α,β-unsaturated/α-hetero) is 2. The molecule has 0 N–H and O–H groups in total. The lowest BCUT2D eigenvalue weighted by Crippen LogP contribution is -2.17. The van der Waals surface area contributed by atoms with E-state index in [1.807, 2.05) is 25.1 Å². The van der Waals surface area contributed by atoms with Gasteiger partial charge >= 0.3 is 5.97 Å². The predicted molar refractivity (Wildman–Crippen MR) is 116 cm³/mol. The Bertz CT molecular complexity index is 1300. The fraction of sp³-hybridized carbons (Fsp3) is 0.115. The second-order valence-electron chi connectivity index (χ2n) is 7.53. The number of ether oxygens (including phenoxy) is 2. The van der Waals surface area contributed by atoms with Gasteiger partial charge in [-0.15, -0.1) is 0 Å². The van der Waals surface area contributed by atoms with Gasteiger partial charge in [0.2, 0.25) is 11.6 Å². The van der Waals surface area contributed by atoms with E-state index in [9.17, 15) is 23.2 Å². The highest BCUT2D eigenvalue weighted by Gasteiger charge is 2.25. The topological polar surface area (TPSA) is 69.7 Å². The van der Waals surface area contributed by atoms with E-state index in [-0.39, 0.29) is 5.56 Å². The van der Waals surface area contributed by atoms with Crippen LogP contribution in [-0.4, -0.2) is 24.6 Å². The van der Waals surface area contributed by atoms with Gasteiger partial charge in [-0.05, 0) is 43.2 Å². The van der Waals surface area contributed by atoms with Crippen LogP contribution in [0.2, 0.25) is 0 Å². The number of fused-ring (bicyclic) bond motifs is 1. The molecule has 0 saturated heterocycles. The molecule has 0 unspecified atom stereocenters. The van der Waals surface area contributed by atoms with Crippen molar-refractivity contribution in [3.8, 4) is 5.75 Å². The number of hydrogen-bond donors (Lipinski definition) is 0. The third-order valence-corrected chi connectivity index (χ3v) is 5.27. The zero-order chi connectivity index (χ0) is 23.7. The summed E-state index contributed by atoms with van der Waals surface area (Å²) >= 11 is 0. The minimum absolute atomic E-state index is 0.0500. The van der Waals surface area contributed by atoms with Gasteiger partial charge in [-0.25, -0.2) is 13.6 Å². The minimum atomic E-state index is -1.29. The number of carbonyl (C=O) groups is 3. The zero-order valence-electron chi connectivity index (χ0n) is 17.8. The van der Waals surface area contributed by atoms with Crippen molar-refractivity contribution in [3.05, 3.63) is 106 Å². The Hall–Kier alpha value is -4.13. The van der Waals surface area contributed by atoms with E-state index >= 15 is 0 Å². The molecule has 0 radical (unpaired) electrons. The normalized spacial score (nSPS) is 12.3. The quantitative estimate of drug-likeness (QED) is 0.309. The van der Waals surface area contributed by atoms with E-state index in [2.05, 4.69) is 10.8 Å². The Morgan fingerprint density at radius 1 is 0.879 bits per heavy atom. The molecule has 1 heterocycles. The van der Waals surface area contributed by atoms with E-state index in [1.54, 1.807) is 12.1 Å². The van der Waals surface area contributed by atoms with E-state index in [0.29, 0.717) is 29.9 Å². The molecule has 0 bridgehead atoms. The molecule has 4 rings (SSSR count). The molecule has 0 aliphatic carbocycles. The second-order valence-corrected chi connectivity index (χ2v) is 7.53. The SMILES string of the molecule is COC(=O)c1c(F)cc(C(=O)C(=O)c2ccc(C3=CCc4cc(C)ccc4O3)cc2)cc1F. The second kappa shape index (κ2) is 8.78. The Kier molecular flexibility index (Phi) is 5.87. The molecule has 3 aromatic rings. The summed E-state index contributed by atoms with van der Waals surface area (Å²) in [7, 11) is 0.974. The Labute approximate surface area is 188 Å². The molecule has 0 spiro atoms. The van der Waals surface area contributed by atoms with Crippen LogP contribution in [-0.2, 0) is 11.2 Å². The van der Waals surface area contributed by atoms with Crippen molar-refractivity contribution in [3.63, 3.8) is 0 Å². The Balaban J connectivity index is 1.53. The molecular weight excluding hydrogens is 430 g/mol. The van der Waals surface area contributed by atoms with Gasteiger partial charge in [0.15, 0.2) is 0 Å². The van der Waals surface area contributed by atoms with Crippen LogP contribution in [0.25, 0.3) is 5.76 Å². The van der Waals surface area contributed by atoms with Crippen molar-refractivity contribution < 1.29 is 32.6 Å². The van der Waals surface area contributed by atoms with E-state index in [4.69, 9.17) is 4.74 Å². The number of hydrogen-bond acceptors (Lipinski definition) is 5. The van der Waals surface area contributed by atoms with Crippen molar-refractivity contribution in [2.24, 2.45) is 0 Å². The van der Waals surface area contributed by atoms with Crippen molar-refractivity contribution in [1.82, 2.24) is 0 Å². The maximum Gasteiger partial charge on any atom is 0.343 e. The third-order valence-electron chi connectivity index (χ3n) is 5.27. The molecule has 7 heteroatoms. The molecule has 1 aliphatic heterocycles. The summed E-state index contributed by atoms with van der Waals surface area (Å²) in [5.74, 6) is -4.45. The molecule has 0 atom stereocenters. The molecule has 0 fully saturated rings. The minimum Gasteiger partial charge on any atom is -0.465 e. The van der Waals surface area contributed by atoms with Gasteiger partial charge in [0.25, 0.3) is 0 Å². The molecule has 3 aromatic carbocycles. The number of benzene rings is 3. The van der Waals surface area contributed by atoms with Crippen LogP contribution < -0.4 is 4.74 Å². The van der Waals surface area contributed by atoms with Crippen LogP contribution in [0.1, 0.15) is 47.8 Å². The lowest BCUT2D eigenvalue weighted by atomic mass is 9.98. The van der Waals surface area contributed by atoms with Gasteiger partial charge in [-0.1, -0.05) is 42.0 Å². The molecule has 0 aromatic heterocycles. The van der Waals surface area contributed by atoms with Crippen LogP contribution in [0.3, 0.4) is 0 Å². The molecule has 5 nitrogen and oxygen atoms in total. The average molecular weight is 448 g/mol. The summed E-state index contributed by atoms with van der Waals surface area (Å²) in [6, 6.07) is 13.4. The van der Waals surface area contributed by atoms with Crippen molar-refractivity contribution >= 4 is 23.3 Å². The largest absolute Gasteiger partial charge is 0.465 e. The molecular formula is C26H18F2O5. The van der Waals surface area contributed by atoms with Crippen LogP contribution in [0, 0.1) is 18.6 Å². The van der Waals surface area contributed by atoms with Crippen molar-refractivity contribution in [1.29, 1.82) is 0 Å². The summed E-state index contributed by atoms with van der Waals surface area (Å²) in [6.07, 6.45) is 2.63. The van der Waals surface area contributed by atoms with Gasteiger partial charge in [-0.3, -0.25) is 9.59 Å². The van der Waals surface area contributed by atoms with Crippen molar-refractivity contribution in [2.45, 2.75) is 13.3 Å². The maximum atomic E-state index is 14.1. The Morgan fingerprint density at radius 3 is 2.15 bits per heavy atom. The van der Waals surface area contributed by atoms with Gasteiger partial charge in [-0.2, -0.15) is 0 Å². The molecule has 0 saturated carbocycles. The highest BCUT2D eigenvalue weighted by Crippen LogP contribution is 2.31. The van der Waals surface area contributed by atoms with Crippen LogP contribution in [0.15, 0.2) is 60.7 Å². The highest BCUT2D eigenvalue weighted by molar-refractivity contribution is 6.49. The van der Waals surface area contributed by atoms with Gasteiger partial charge in [0.05, 0.1) is 7.11 Å². The van der Waals surface area contributed by atoms with E-state index < -0.39 is 40.3 Å². The van der Waals surface area contributed by atoms with Crippen LogP contribution in [0.4, 0.5) is 8.78 Å². The van der Waals surface area contributed by atoms with Crippen LogP contribution in [0.5, 0.6) is 5.75 Å².